The largest absolute Gasteiger partial charge is 0.373 e. The number of hydrogen-bond acceptors (Lipinski definition) is 7. The van der Waals surface area contributed by atoms with Gasteiger partial charge in [0.2, 0.25) is 0 Å². The maximum absolute atomic E-state index is 13.8. The van der Waals surface area contributed by atoms with Crippen LogP contribution in [0.25, 0.3) is 16.4 Å². The molecular weight excluding hydrogens is 564 g/mol. The Balaban J connectivity index is 1.49. The van der Waals surface area contributed by atoms with Crippen molar-refractivity contribution in [1.29, 1.82) is 5.26 Å². The molecule has 41 heavy (non-hydrogen) atoms. The molecule has 2 N–H and O–H groups in total. The van der Waals surface area contributed by atoms with E-state index in [-0.39, 0.29) is 16.6 Å². The average molecular weight is 586 g/mol. The summed E-state index contributed by atoms with van der Waals surface area (Å²) in [5.74, 6) is -0.541. The quantitative estimate of drug-likeness (QED) is 0.202. The van der Waals surface area contributed by atoms with E-state index in [4.69, 9.17) is 23.2 Å². The minimum Gasteiger partial charge on any atom is -0.373 e. The lowest BCUT2D eigenvalue weighted by Crippen LogP contribution is -2.14. The molecule has 4 heterocycles. The number of halogens is 3. The lowest BCUT2D eigenvalue weighted by Gasteiger charge is -2.21. The van der Waals surface area contributed by atoms with Crippen LogP contribution in [0.3, 0.4) is 0 Å². The van der Waals surface area contributed by atoms with Gasteiger partial charge in [0.25, 0.3) is 0 Å². The lowest BCUT2D eigenvalue weighted by molar-refractivity contribution is 0.514. The van der Waals surface area contributed by atoms with Crippen molar-refractivity contribution < 1.29 is 4.39 Å². The van der Waals surface area contributed by atoms with Crippen molar-refractivity contribution in [1.82, 2.24) is 29.4 Å². The molecule has 0 spiro atoms. The Morgan fingerprint density at radius 2 is 1.88 bits per heavy atom. The molecule has 6 rings (SSSR count). The first-order valence-corrected chi connectivity index (χ1v) is 13.4. The summed E-state index contributed by atoms with van der Waals surface area (Å²) in [7, 11) is 0. The summed E-state index contributed by atoms with van der Waals surface area (Å²) in [6.07, 6.45) is 8.81. The van der Waals surface area contributed by atoms with Crippen LogP contribution in [-0.4, -0.2) is 29.4 Å². The summed E-state index contributed by atoms with van der Waals surface area (Å²) < 4.78 is 17.5. The topological polar surface area (TPSA) is 109 Å². The third-order valence-electron chi connectivity index (χ3n) is 6.69. The zero-order chi connectivity index (χ0) is 28.7. The van der Waals surface area contributed by atoms with Crippen LogP contribution in [0.2, 0.25) is 10.0 Å². The smallest absolute Gasteiger partial charge is 0.141 e. The van der Waals surface area contributed by atoms with Gasteiger partial charge in [-0.2, -0.15) is 5.26 Å². The minimum atomic E-state index is -0.541. The number of anilines is 3. The Bertz CT molecular complexity index is 1960. The maximum atomic E-state index is 13.8. The van der Waals surface area contributed by atoms with Crippen LogP contribution in [0, 0.1) is 17.1 Å². The van der Waals surface area contributed by atoms with Crippen molar-refractivity contribution in [3.8, 4) is 6.07 Å². The predicted octanol–water partition coefficient (Wildman–Crippen LogP) is 7.32. The highest BCUT2D eigenvalue weighted by molar-refractivity contribution is 6.36. The molecule has 0 saturated heterocycles. The van der Waals surface area contributed by atoms with E-state index in [1.165, 1.54) is 18.3 Å². The third-order valence-corrected chi connectivity index (χ3v) is 7.27. The highest BCUT2D eigenvalue weighted by atomic mass is 35.5. The molecule has 0 fully saturated rings. The molecule has 12 heteroatoms. The van der Waals surface area contributed by atoms with Crippen LogP contribution >= 0.6 is 23.2 Å². The van der Waals surface area contributed by atoms with Crippen LogP contribution < -0.4 is 10.6 Å². The molecule has 0 saturated carbocycles. The van der Waals surface area contributed by atoms with E-state index in [1.54, 1.807) is 29.3 Å². The Kier molecular flexibility index (Phi) is 6.91. The normalized spacial score (nSPS) is 12.1. The number of benzene rings is 2. The fourth-order valence-corrected chi connectivity index (χ4v) is 5.10. The number of nitrogens with one attached hydrogen (secondary N) is 2. The standard InChI is InChI=1S/C29H22Cl2FN9/c1-16(2)41-14-25(38-39-41)29(20-4-3-7-40-15-34-13-26(20)40)37-19-8-21-27(36-18-5-6-24(32)22(30)9-18)17(11-33)12-35-28(21)23(31)10-19/h3-10,12-16,29,37H,1-2H3,(H,35,36). The summed E-state index contributed by atoms with van der Waals surface area (Å²) >= 11 is 12.8. The average Bonchev–Trinajstić information content (AvgIpc) is 3.64. The summed E-state index contributed by atoms with van der Waals surface area (Å²) in [5.41, 5.74) is 4.94. The van der Waals surface area contributed by atoms with Gasteiger partial charge in [-0.25, -0.2) is 14.1 Å². The highest BCUT2D eigenvalue weighted by Crippen LogP contribution is 2.37. The molecule has 0 radical (unpaired) electrons. The van der Waals surface area contributed by atoms with E-state index in [0.29, 0.717) is 38.7 Å². The van der Waals surface area contributed by atoms with Crippen LogP contribution in [0.5, 0.6) is 0 Å². The van der Waals surface area contributed by atoms with Crippen LogP contribution in [-0.2, 0) is 0 Å². The zero-order valence-electron chi connectivity index (χ0n) is 21.8. The monoisotopic (exact) mass is 585 g/mol. The van der Waals surface area contributed by atoms with Gasteiger partial charge >= 0.3 is 0 Å². The van der Waals surface area contributed by atoms with E-state index in [9.17, 15) is 9.65 Å². The van der Waals surface area contributed by atoms with E-state index >= 15 is 0 Å². The molecule has 0 aliphatic rings. The number of rotatable bonds is 7. The summed E-state index contributed by atoms with van der Waals surface area (Å²) in [6.45, 7) is 4.06. The number of fused-ring (bicyclic) bond motifs is 2. The summed E-state index contributed by atoms with van der Waals surface area (Å²) in [4.78, 5) is 8.74. The number of pyridine rings is 2. The molecule has 1 atom stereocenters. The third kappa shape index (κ3) is 5.01. The van der Waals surface area contributed by atoms with Gasteiger partial charge in [0, 0.05) is 40.8 Å². The lowest BCUT2D eigenvalue weighted by atomic mass is 10.0. The fourth-order valence-electron chi connectivity index (χ4n) is 4.65. The second-order valence-corrected chi connectivity index (χ2v) is 10.5. The van der Waals surface area contributed by atoms with Crippen LogP contribution in [0.4, 0.5) is 21.5 Å². The molecule has 9 nitrogen and oxygen atoms in total. The van der Waals surface area contributed by atoms with E-state index < -0.39 is 11.9 Å². The highest BCUT2D eigenvalue weighted by Gasteiger charge is 2.23. The zero-order valence-corrected chi connectivity index (χ0v) is 23.4. The molecule has 0 amide bonds. The van der Waals surface area contributed by atoms with E-state index in [1.807, 2.05) is 48.8 Å². The van der Waals surface area contributed by atoms with E-state index in [2.05, 4.69) is 37.0 Å². The van der Waals surface area contributed by atoms with Gasteiger partial charge in [0.05, 0.1) is 57.1 Å². The van der Waals surface area contributed by atoms with Crippen LogP contribution in [0.1, 0.15) is 42.8 Å². The molecule has 0 aliphatic heterocycles. The van der Waals surface area contributed by atoms with Crippen molar-refractivity contribution in [2.24, 2.45) is 0 Å². The van der Waals surface area contributed by atoms with Crippen molar-refractivity contribution >= 4 is 56.7 Å². The van der Waals surface area contributed by atoms with Gasteiger partial charge in [-0.15, -0.1) is 5.10 Å². The molecule has 6 aromatic rings. The van der Waals surface area contributed by atoms with E-state index in [0.717, 1.165) is 11.1 Å². The number of nitrogens with zero attached hydrogens (tertiary/aromatic N) is 7. The first kappa shape index (κ1) is 26.5. The Morgan fingerprint density at radius 3 is 2.63 bits per heavy atom. The first-order chi connectivity index (χ1) is 19.8. The van der Waals surface area contributed by atoms with Gasteiger partial charge in [-0.05, 0) is 50.2 Å². The molecular formula is C29H22Cl2FN9. The minimum absolute atomic E-state index is 0.0430. The number of hydrogen-bond donors (Lipinski definition) is 2. The molecule has 0 bridgehead atoms. The molecule has 4 aromatic heterocycles. The van der Waals surface area contributed by atoms with Crippen molar-refractivity contribution in [3.05, 3.63) is 106 Å². The maximum Gasteiger partial charge on any atom is 0.141 e. The molecule has 1 unspecified atom stereocenters. The second kappa shape index (κ2) is 10.7. The van der Waals surface area contributed by atoms with Gasteiger partial charge < -0.3 is 15.0 Å². The fraction of sp³-hybridized carbons (Fsp3) is 0.138. The first-order valence-electron chi connectivity index (χ1n) is 12.7. The Hall–Kier alpha value is -4.72. The van der Waals surface area contributed by atoms with Gasteiger partial charge in [-0.3, -0.25) is 4.98 Å². The number of nitriles is 1. The Labute approximate surface area is 244 Å². The van der Waals surface area contributed by atoms with Crippen molar-refractivity contribution in [3.63, 3.8) is 0 Å². The summed E-state index contributed by atoms with van der Waals surface area (Å²) in [6, 6.07) is 13.7. The van der Waals surface area contributed by atoms with Crippen LogP contribution in [0.15, 0.2) is 73.6 Å². The van der Waals surface area contributed by atoms with Crippen molar-refractivity contribution in [2.45, 2.75) is 25.9 Å². The Morgan fingerprint density at radius 1 is 1.05 bits per heavy atom. The predicted molar refractivity (Wildman–Crippen MR) is 157 cm³/mol. The molecule has 2 aromatic carbocycles. The molecule has 204 valence electrons. The van der Waals surface area contributed by atoms with Crippen molar-refractivity contribution in [2.75, 3.05) is 10.6 Å². The van der Waals surface area contributed by atoms with Gasteiger partial charge in [-0.1, -0.05) is 34.5 Å². The SMILES string of the molecule is CC(C)n1cc(C(Nc2cc(Cl)c3ncc(C#N)c(Nc4ccc(F)c(Cl)c4)c3c2)c2cccn3cncc23)nn1. The van der Waals surface area contributed by atoms with Gasteiger partial charge in [0.15, 0.2) is 0 Å². The summed E-state index contributed by atoms with van der Waals surface area (Å²) in [5, 5.41) is 26.4. The number of imidazole rings is 1. The number of aromatic nitrogens is 6. The van der Waals surface area contributed by atoms with Gasteiger partial charge in [0.1, 0.15) is 17.6 Å². The second-order valence-electron chi connectivity index (χ2n) is 9.71. The molecule has 0 aliphatic carbocycles.